The molecule has 114 valence electrons. The van der Waals surface area contributed by atoms with Gasteiger partial charge in [-0.15, -0.1) is 11.3 Å². The van der Waals surface area contributed by atoms with Crippen LogP contribution in [-0.2, 0) is 10.8 Å². The van der Waals surface area contributed by atoms with Gasteiger partial charge in [-0.25, -0.2) is 0 Å². The summed E-state index contributed by atoms with van der Waals surface area (Å²) >= 11 is 1.71. The van der Waals surface area contributed by atoms with Crippen molar-refractivity contribution in [2.45, 2.75) is 58.5 Å². The minimum atomic E-state index is -0.540. The zero-order valence-electron chi connectivity index (χ0n) is 13.9. The molecule has 2 heteroatoms. The Labute approximate surface area is 132 Å². The van der Waals surface area contributed by atoms with Gasteiger partial charge in [-0.1, -0.05) is 65.8 Å². The van der Waals surface area contributed by atoms with Crippen molar-refractivity contribution >= 4 is 11.3 Å². The van der Waals surface area contributed by atoms with Crippen LogP contribution in [0.4, 0.5) is 0 Å². The third-order valence-corrected chi connectivity index (χ3v) is 5.26. The van der Waals surface area contributed by atoms with Gasteiger partial charge in [0.25, 0.3) is 0 Å². The molecule has 2 aromatic rings. The molecule has 1 N–H and O–H groups in total. The molecule has 1 aromatic heterocycles. The molecule has 0 spiro atoms. The summed E-state index contributed by atoms with van der Waals surface area (Å²) in [4.78, 5) is 2.33. The van der Waals surface area contributed by atoms with Crippen LogP contribution in [0.25, 0.3) is 0 Å². The van der Waals surface area contributed by atoms with Crippen molar-refractivity contribution in [3.05, 3.63) is 57.3 Å². The largest absolute Gasteiger partial charge is 0.383 e. The molecule has 0 aliphatic carbocycles. The molecule has 0 aliphatic heterocycles. The highest BCUT2D eigenvalue weighted by Crippen LogP contribution is 2.37. The van der Waals surface area contributed by atoms with E-state index < -0.39 is 6.10 Å². The molecule has 0 aliphatic rings. The van der Waals surface area contributed by atoms with Crippen molar-refractivity contribution in [2.75, 3.05) is 0 Å². The van der Waals surface area contributed by atoms with E-state index in [-0.39, 0.29) is 10.8 Å². The number of aliphatic hydroxyl groups is 1. The number of hydrogen-bond acceptors (Lipinski definition) is 2. The Morgan fingerprint density at radius 2 is 1.48 bits per heavy atom. The number of thiophene rings is 1. The van der Waals surface area contributed by atoms with Gasteiger partial charge in [-0.05, 0) is 34.1 Å². The van der Waals surface area contributed by atoms with Gasteiger partial charge in [0.1, 0.15) is 6.10 Å². The Morgan fingerprint density at radius 1 is 0.857 bits per heavy atom. The average molecular weight is 302 g/mol. The molecule has 21 heavy (non-hydrogen) atoms. The van der Waals surface area contributed by atoms with Gasteiger partial charge >= 0.3 is 0 Å². The van der Waals surface area contributed by atoms with E-state index in [4.69, 9.17) is 0 Å². The lowest BCUT2D eigenvalue weighted by molar-refractivity contribution is 0.221. The summed E-state index contributed by atoms with van der Waals surface area (Å²) in [5.74, 6) is 0. The zero-order valence-corrected chi connectivity index (χ0v) is 14.7. The molecule has 0 amide bonds. The molecule has 2 rings (SSSR count). The normalized spacial score (nSPS) is 14.2. The first-order valence-corrected chi connectivity index (χ1v) is 8.30. The average Bonchev–Trinajstić information content (AvgIpc) is 2.86. The SMILES string of the molecule is CC(C)(C)c1ccc(C(O)c2ccccc2C(C)(C)C)s1. The molecule has 1 heterocycles. The lowest BCUT2D eigenvalue weighted by Gasteiger charge is -2.25. The predicted octanol–water partition coefficient (Wildman–Crippen LogP) is 5.42. The Balaban J connectivity index is 2.42. The maximum atomic E-state index is 10.8. The zero-order chi connectivity index (χ0) is 15.8. The van der Waals surface area contributed by atoms with E-state index in [0.29, 0.717) is 0 Å². The van der Waals surface area contributed by atoms with Crippen LogP contribution in [0.5, 0.6) is 0 Å². The van der Waals surface area contributed by atoms with E-state index in [9.17, 15) is 5.11 Å². The summed E-state index contributed by atoms with van der Waals surface area (Å²) in [5.41, 5.74) is 2.39. The molecule has 0 bridgehead atoms. The fraction of sp³-hybridized carbons (Fsp3) is 0.474. The molecule has 0 fully saturated rings. The Kier molecular flexibility index (Phi) is 4.32. The molecule has 1 unspecified atom stereocenters. The second-order valence-corrected chi connectivity index (χ2v) is 8.81. The van der Waals surface area contributed by atoms with Crippen LogP contribution < -0.4 is 0 Å². The van der Waals surface area contributed by atoms with E-state index in [1.54, 1.807) is 11.3 Å². The van der Waals surface area contributed by atoms with E-state index in [1.165, 1.54) is 10.4 Å². The Bertz CT molecular complexity index is 611. The summed E-state index contributed by atoms with van der Waals surface area (Å²) in [5, 5.41) is 10.8. The summed E-state index contributed by atoms with van der Waals surface area (Å²) in [7, 11) is 0. The van der Waals surface area contributed by atoms with Gasteiger partial charge in [0, 0.05) is 9.75 Å². The standard InChI is InChI=1S/C19H26OS/c1-18(2,3)14-10-8-7-9-13(14)17(20)15-11-12-16(21-15)19(4,5)6/h7-12,17,20H,1-6H3. The van der Waals surface area contributed by atoms with E-state index >= 15 is 0 Å². The highest BCUT2D eigenvalue weighted by molar-refractivity contribution is 7.12. The second-order valence-electron chi connectivity index (χ2n) is 7.69. The summed E-state index contributed by atoms with van der Waals surface area (Å²) in [6.07, 6.45) is -0.540. The first-order chi connectivity index (χ1) is 9.60. The predicted molar refractivity (Wildman–Crippen MR) is 92.2 cm³/mol. The lowest BCUT2D eigenvalue weighted by atomic mass is 9.82. The summed E-state index contributed by atoms with van der Waals surface area (Å²) < 4.78 is 0. The molecule has 1 aromatic carbocycles. The van der Waals surface area contributed by atoms with Gasteiger partial charge in [-0.3, -0.25) is 0 Å². The molecule has 1 nitrogen and oxygen atoms in total. The smallest absolute Gasteiger partial charge is 0.113 e. The van der Waals surface area contributed by atoms with Gasteiger partial charge in [0.2, 0.25) is 0 Å². The minimum absolute atomic E-state index is 0.0295. The van der Waals surface area contributed by atoms with Gasteiger partial charge in [0.05, 0.1) is 0 Å². The van der Waals surface area contributed by atoms with Crippen molar-refractivity contribution in [1.82, 2.24) is 0 Å². The minimum Gasteiger partial charge on any atom is -0.383 e. The van der Waals surface area contributed by atoms with Gasteiger partial charge in [-0.2, -0.15) is 0 Å². The highest BCUT2D eigenvalue weighted by atomic mass is 32.1. The van der Waals surface area contributed by atoms with Gasteiger partial charge < -0.3 is 5.11 Å². The van der Waals surface area contributed by atoms with Crippen molar-refractivity contribution in [2.24, 2.45) is 0 Å². The van der Waals surface area contributed by atoms with E-state index in [0.717, 1.165) is 10.4 Å². The van der Waals surface area contributed by atoms with Crippen LogP contribution in [0.1, 0.15) is 68.5 Å². The Morgan fingerprint density at radius 3 is 2.00 bits per heavy atom. The third kappa shape index (κ3) is 3.56. The number of hydrogen-bond donors (Lipinski definition) is 1. The van der Waals surface area contributed by atoms with Crippen molar-refractivity contribution in [3.8, 4) is 0 Å². The number of rotatable bonds is 2. The maximum absolute atomic E-state index is 10.8. The third-order valence-electron chi connectivity index (χ3n) is 3.70. The van der Waals surface area contributed by atoms with Crippen LogP contribution in [0.2, 0.25) is 0 Å². The maximum Gasteiger partial charge on any atom is 0.113 e. The topological polar surface area (TPSA) is 20.2 Å². The first-order valence-electron chi connectivity index (χ1n) is 7.48. The number of aliphatic hydroxyl groups excluding tert-OH is 1. The van der Waals surface area contributed by atoms with E-state index in [1.807, 2.05) is 18.2 Å². The summed E-state index contributed by atoms with van der Waals surface area (Å²) in [6.45, 7) is 13.2. The molecular formula is C19H26OS. The van der Waals surface area contributed by atoms with Crippen LogP contribution in [0.3, 0.4) is 0 Å². The molecule has 1 atom stereocenters. The van der Waals surface area contributed by atoms with Crippen LogP contribution >= 0.6 is 11.3 Å². The Hall–Kier alpha value is -1.12. The van der Waals surface area contributed by atoms with Crippen molar-refractivity contribution in [3.63, 3.8) is 0 Å². The molecule has 0 saturated heterocycles. The highest BCUT2D eigenvalue weighted by Gasteiger charge is 2.24. The van der Waals surface area contributed by atoms with Crippen molar-refractivity contribution < 1.29 is 5.11 Å². The van der Waals surface area contributed by atoms with Crippen LogP contribution in [-0.4, -0.2) is 5.11 Å². The van der Waals surface area contributed by atoms with Gasteiger partial charge in [0.15, 0.2) is 0 Å². The fourth-order valence-electron chi connectivity index (χ4n) is 2.47. The van der Waals surface area contributed by atoms with Crippen molar-refractivity contribution in [1.29, 1.82) is 0 Å². The molecule has 0 radical (unpaired) electrons. The lowest BCUT2D eigenvalue weighted by Crippen LogP contribution is -2.16. The first kappa shape index (κ1) is 16.3. The van der Waals surface area contributed by atoms with E-state index in [2.05, 4.69) is 59.7 Å². The van der Waals surface area contributed by atoms with Crippen LogP contribution in [0, 0.1) is 0 Å². The molecule has 0 saturated carbocycles. The molecular weight excluding hydrogens is 276 g/mol. The van der Waals surface area contributed by atoms with Crippen LogP contribution in [0.15, 0.2) is 36.4 Å². The number of benzene rings is 1. The fourth-order valence-corrected chi connectivity index (χ4v) is 3.55. The summed E-state index contributed by atoms with van der Waals surface area (Å²) in [6, 6.07) is 12.4. The second kappa shape index (κ2) is 5.58. The quantitative estimate of drug-likeness (QED) is 0.784. The monoisotopic (exact) mass is 302 g/mol.